The van der Waals surface area contributed by atoms with Gasteiger partial charge in [0.2, 0.25) is 10.0 Å². The van der Waals surface area contributed by atoms with Gasteiger partial charge in [0.15, 0.2) is 0 Å². The summed E-state index contributed by atoms with van der Waals surface area (Å²) in [7, 11) is -3.75. The van der Waals surface area contributed by atoms with Gasteiger partial charge in [-0.2, -0.15) is 4.31 Å². The number of carbonyl (C=O) groups is 1. The Morgan fingerprint density at radius 2 is 1.87 bits per heavy atom. The van der Waals surface area contributed by atoms with E-state index in [9.17, 15) is 13.2 Å². The highest BCUT2D eigenvalue weighted by atomic mass is 35.5. The monoisotopic (exact) mass is 449 g/mol. The first-order valence-electron chi connectivity index (χ1n) is 10.2. The molecule has 0 spiro atoms. The lowest BCUT2D eigenvalue weighted by Crippen LogP contribution is -2.37. The predicted octanol–water partition coefficient (Wildman–Crippen LogP) is 3.37. The Morgan fingerprint density at radius 1 is 1.17 bits per heavy atom. The van der Waals surface area contributed by atoms with E-state index in [0.717, 1.165) is 26.1 Å². The fraction of sp³-hybridized carbons (Fsp3) is 0.409. The second kappa shape index (κ2) is 9.92. The molecule has 1 unspecified atom stereocenters. The largest absolute Gasteiger partial charge is 0.348 e. The molecule has 0 bridgehead atoms. The molecule has 2 aromatic rings. The van der Waals surface area contributed by atoms with E-state index in [0.29, 0.717) is 18.7 Å². The molecule has 1 aliphatic heterocycles. The molecule has 162 valence electrons. The van der Waals surface area contributed by atoms with Crippen LogP contribution in [-0.2, 0) is 16.6 Å². The summed E-state index contributed by atoms with van der Waals surface area (Å²) >= 11 is 6.17. The molecule has 1 atom stereocenters. The minimum atomic E-state index is -3.75. The summed E-state index contributed by atoms with van der Waals surface area (Å²) in [6.45, 7) is 6.73. The van der Waals surface area contributed by atoms with Crippen molar-refractivity contribution in [1.29, 1.82) is 0 Å². The summed E-state index contributed by atoms with van der Waals surface area (Å²) in [4.78, 5) is 15.1. The smallest absolute Gasteiger partial charge is 0.251 e. The molecule has 0 aromatic heterocycles. The fourth-order valence-corrected chi connectivity index (χ4v) is 5.71. The Hall–Kier alpha value is -1.93. The van der Waals surface area contributed by atoms with Gasteiger partial charge in [-0.3, -0.25) is 9.69 Å². The van der Waals surface area contributed by atoms with Gasteiger partial charge < -0.3 is 5.32 Å². The van der Waals surface area contributed by atoms with Crippen LogP contribution in [-0.4, -0.2) is 55.8 Å². The fourth-order valence-electron chi connectivity index (χ4n) is 3.75. The number of halogens is 1. The topological polar surface area (TPSA) is 69.7 Å². The Balaban J connectivity index is 1.68. The van der Waals surface area contributed by atoms with E-state index in [-0.39, 0.29) is 21.9 Å². The molecule has 6 nitrogen and oxygen atoms in total. The first-order chi connectivity index (χ1) is 14.3. The van der Waals surface area contributed by atoms with Crippen LogP contribution in [0.5, 0.6) is 0 Å². The van der Waals surface area contributed by atoms with Crippen LogP contribution in [0.4, 0.5) is 0 Å². The maximum Gasteiger partial charge on any atom is 0.251 e. The molecule has 0 saturated carbocycles. The van der Waals surface area contributed by atoms with Gasteiger partial charge in [0.1, 0.15) is 4.90 Å². The van der Waals surface area contributed by atoms with Gasteiger partial charge in [-0.15, -0.1) is 0 Å². The summed E-state index contributed by atoms with van der Waals surface area (Å²) in [6, 6.07) is 14.7. The Bertz CT molecular complexity index is 978. The number of rotatable bonds is 8. The van der Waals surface area contributed by atoms with E-state index in [1.807, 2.05) is 18.2 Å². The molecular formula is C22H28ClN3O3S. The molecule has 0 radical (unpaired) electrons. The molecule has 0 aliphatic carbocycles. The zero-order valence-electron chi connectivity index (χ0n) is 17.3. The van der Waals surface area contributed by atoms with Gasteiger partial charge in [-0.25, -0.2) is 8.42 Å². The second-order valence-corrected chi connectivity index (χ2v) is 9.73. The maximum atomic E-state index is 12.9. The highest BCUT2D eigenvalue weighted by Crippen LogP contribution is 2.26. The minimum absolute atomic E-state index is 0.0275. The number of carbonyl (C=O) groups excluding carboxylic acids is 1. The number of sulfonamides is 1. The van der Waals surface area contributed by atoms with Crippen LogP contribution >= 0.6 is 11.6 Å². The SMILES string of the molecule is CCN(CC)S(=O)(=O)c1cc(C(=O)NC2CCN(Cc3ccccc3)C2)ccc1Cl. The highest BCUT2D eigenvalue weighted by Gasteiger charge is 2.27. The van der Waals surface area contributed by atoms with Gasteiger partial charge in [-0.1, -0.05) is 55.8 Å². The van der Waals surface area contributed by atoms with Crippen molar-refractivity contribution in [2.45, 2.75) is 37.8 Å². The lowest BCUT2D eigenvalue weighted by Gasteiger charge is -2.20. The lowest BCUT2D eigenvalue weighted by molar-refractivity contribution is 0.0937. The third-order valence-corrected chi connectivity index (χ3v) is 7.90. The van der Waals surface area contributed by atoms with Crippen LogP contribution in [0.1, 0.15) is 36.2 Å². The highest BCUT2D eigenvalue weighted by molar-refractivity contribution is 7.89. The molecule has 8 heteroatoms. The van der Waals surface area contributed by atoms with Gasteiger partial charge in [0.25, 0.3) is 5.91 Å². The summed E-state index contributed by atoms with van der Waals surface area (Å²) in [5, 5.41) is 3.15. The molecule has 1 amide bonds. The van der Waals surface area contributed by atoms with Crippen LogP contribution in [0.2, 0.25) is 5.02 Å². The number of nitrogens with zero attached hydrogens (tertiary/aromatic N) is 2. The van der Waals surface area contributed by atoms with E-state index in [2.05, 4.69) is 22.3 Å². The first kappa shape index (κ1) is 22.7. The zero-order chi connectivity index (χ0) is 21.7. The standard InChI is InChI=1S/C22H28ClN3O3S/c1-3-26(4-2)30(28,29)21-14-18(10-11-20(21)23)22(27)24-19-12-13-25(16-19)15-17-8-6-5-7-9-17/h5-11,14,19H,3-4,12-13,15-16H2,1-2H3,(H,24,27). The number of nitrogens with one attached hydrogen (secondary N) is 1. The Labute approximate surface area is 183 Å². The second-order valence-electron chi connectivity index (χ2n) is 7.41. The number of hydrogen-bond acceptors (Lipinski definition) is 4. The number of hydrogen-bond donors (Lipinski definition) is 1. The molecule has 2 aromatic carbocycles. The van der Waals surface area contributed by atoms with Gasteiger partial charge in [0, 0.05) is 44.3 Å². The molecule has 1 N–H and O–H groups in total. The lowest BCUT2D eigenvalue weighted by atomic mass is 10.2. The van der Waals surface area contributed by atoms with Crippen molar-refractivity contribution in [2.24, 2.45) is 0 Å². The van der Waals surface area contributed by atoms with E-state index >= 15 is 0 Å². The zero-order valence-corrected chi connectivity index (χ0v) is 18.9. The molecule has 3 rings (SSSR count). The number of likely N-dealkylation sites (tertiary alicyclic amines) is 1. The Morgan fingerprint density at radius 3 is 2.53 bits per heavy atom. The van der Waals surface area contributed by atoms with E-state index in [1.165, 1.54) is 22.0 Å². The summed E-state index contributed by atoms with van der Waals surface area (Å²) in [6.07, 6.45) is 0.858. The van der Waals surface area contributed by atoms with Crippen molar-refractivity contribution in [2.75, 3.05) is 26.2 Å². The van der Waals surface area contributed by atoms with E-state index in [1.54, 1.807) is 19.9 Å². The van der Waals surface area contributed by atoms with Crippen molar-refractivity contribution in [3.8, 4) is 0 Å². The van der Waals surface area contributed by atoms with Gasteiger partial charge in [0.05, 0.1) is 5.02 Å². The van der Waals surface area contributed by atoms with Crippen molar-refractivity contribution >= 4 is 27.5 Å². The number of amides is 1. The summed E-state index contributed by atoms with van der Waals surface area (Å²) in [5.74, 6) is -0.283. The minimum Gasteiger partial charge on any atom is -0.348 e. The molecule has 30 heavy (non-hydrogen) atoms. The number of benzene rings is 2. The van der Waals surface area contributed by atoms with Crippen LogP contribution in [0, 0.1) is 0 Å². The van der Waals surface area contributed by atoms with Crippen LogP contribution in [0.3, 0.4) is 0 Å². The molecule has 1 fully saturated rings. The molecule has 1 saturated heterocycles. The summed E-state index contributed by atoms with van der Waals surface area (Å²) in [5.41, 5.74) is 1.54. The molecule has 1 heterocycles. The van der Waals surface area contributed by atoms with Crippen LogP contribution in [0.15, 0.2) is 53.4 Å². The molecular weight excluding hydrogens is 422 g/mol. The quantitative estimate of drug-likeness (QED) is 0.670. The molecule has 1 aliphatic rings. The third kappa shape index (κ3) is 5.21. The van der Waals surface area contributed by atoms with Crippen molar-refractivity contribution in [3.63, 3.8) is 0 Å². The maximum absolute atomic E-state index is 12.9. The van der Waals surface area contributed by atoms with E-state index < -0.39 is 10.0 Å². The summed E-state index contributed by atoms with van der Waals surface area (Å²) < 4.78 is 27.0. The third-order valence-electron chi connectivity index (χ3n) is 5.37. The van der Waals surface area contributed by atoms with Crippen LogP contribution in [0.25, 0.3) is 0 Å². The van der Waals surface area contributed by atoms with E-state index in [4.69, 9.17) is 11.6 Å². The normalized spacial score (nSPS) is 17.4. The van der Waals surface area contributed by atoms with Gasteiger partial charge >= 0.3 is 0 Å². The first-order valence-corrected chi connectivity index (χ1v) is 12.0. The van der Waals surface area contributed by atoms with Crippen molar-refractivity contribution < 1.29 is 13.2 Å². The average Bonchev–Trinajstić information content (AvgIpc) is 3.16. The van der Waals surface area contributed by atoms with Crippen molar-refractivity contribution in [1.82, 2.24) is 14.5 Å². The van der Waals surface area contributed by atoms with Crippen molar-refractivity contribution in [3.05, 3.63) is 64.7 Å². The van der Waals surface area contributed by atoms with Gasteiger partial charge in [-0.05, 0) is 30.2 Å². The Kier molecular flexibility index (Phi) is 7.52. The van der Waals surface area contributed by atoms with Crippen LogP contribution < -0.4 is 5.32 Å². The predicted molar refractivity (Wildman–Crippen MR) is 119 cm³/mol. The average molecular weight is 450 g/mol.